The summed E-state index contributed by atoms with van der Waals surface area (Å²) in [5.74, 6) is -0.781. The van der Waals surface area contributed by atoms with Gasteiger partial charge in [-0.3, -0.25) is 4.90 Å². The molecule has 0 bridgehead atoms. The Balaban J connectivity index is 0.00000148. The van der Waals surface area contributed by atoms with Gasteiger partial charge in [-0.1, -0.05) is 12.1 Å². The van der Waals surface area contributed by atoms with Crippen molar-refractivity contribution in [1.82, 2.24) is 14.8 Å². The first kappa shape index (κ1) is 33.0. The number of alkyl halides is 3. The van der Waals surface area contributed by atoms with Crippen LogP contribution in [-0.2, 0) is 27.0 Å². The molecule has 0 unspecified atom stereocenters. The van der Waals surface area contributed by atoms with E-state index in [1.165, 1.54) is 28.7 Å². The molecule has 0 saturated carbocycles. The fourth-order valence-corrected chi connectivity index (χ4v) is 5.90. The minimum Gasteiger partial charge on any atom is -0.554 e. The summed E-state index contributed by atoms with van der Waals surface area (Å²) in [5.41, 5.74) is 0.371. The fraction of sp³-hybridized carbons (Fsp3) is 0.367. The van der Waals surface area contributed by atoms with Gasteiger partial charge >= 0.3 is 17.8 Å². The number of H-pyrrole nitrogens is 1. The minimum absolute atomic E-state index is 0.00808. The van der Waals surface area contributed by atoms with Crippen LogP contribution in [-0.4, -0.2) is 70.1 Å². The molecule has 2 aliphatic heterocycles. The van der Waals surface area contributed by atoms with E-state index in [4.69, 9.17) is 14.6 Å². The number of esters is 1. The van der Waals surface area contributed by atoms with E-state index in [1.807, 2.05) is 7.05 Å². The number of carboxylic acid groups (broad SMARTS) is 1. The number of benzene rings is 2. The van der Waals surface area contributed by atoms with Crippen LogP contribution in [0.2, 0.25) is 0 Å². The molecule has 2 N–H and O–H groups in total. The first-order valence-corrected chi connectivity index (χ1v) is 13.8. The number of fused-ring (bicyclic) bond motifs is 1. The van der Waals surface area contributed by atoms with Crippen molar-refractivity contribution in [3.8, 4) is 6.07 Å². The van der Waals surface area contributed by atoms with Gasteiger partial charge in [-0.05, 0) is 42.8 Å². The Morgan fingerprint density at radius 1 is 1.27 bits per heavy atom. The lowest BCUT2D eigenvalue weighted by atomic mass is 9.89. The molecule has 2 aliphatic rings. The molecule has 1 aromatic heterocycles. The highest BCUT2D eigenvalue weighted by Gasteiger charge is 2.42. The van der Waals surface area contributed by atoms with Gasteiger partial charge in [0.25, 0.3) is 0 Å². The largest absolute Gasteiger partial charge is 0.554 e. The molecule has 238 valence electrons. The second-order valence-corrected chi connectivity index (χ2v) is 11.1. The number of carbonyl (C=O) groups is 2. The van der Waals surface area contributed by atoms with E-state index >= 15 is 0 Å². The molecule has 1 saturated heterocycles. The number of halogens is 3. The van der Waals surface area contributed by atoms with Gasteiger partial charge in [-0.25, -0.2) is 19.3 Å². The van der Waals surface area contributed by atoms with Crippen LogP contribution in [0.1, 0.15) is 48.1 Å². The zero-order chi connectivity index (χ0) is 33.1. The number of anilines is 2. The summed E-state index contributed by atoms with van der Waals surface area (Å²) in [4.78, 5) is 36.3. The van der Waals surface area contributed by atoms with E-state index in [2.05, 4.69) is 16.3 Å². The molecule has 3 aromatic rings. The number of rotatable bonds is 5. The summed E-state index contributed by atoms with van der Waals surface area (Å²) >= 11 is 0. The van der Waals surface area contributed by atoms with E-state index in [-0.39, 0.29) is 29.0 Å². The van der Waals surface area contributed by atoms with Gasteiger partial charge in [0, 0.05) is 36.3 Å². The molecule has 0 aliphatic carbocycles. The van der Waals surface area contributed by atoms with Gasteiger partial charge in [0.2, 0.25) is 5.95 Å². The van der Waals surface area contributed by atoms with Crippen LogP contribution in [0.3, 0.4) is 0 Å². The number of nitrogens with one attached hydrogen (secondary N) is 1. The summed E-state index contributed by atoms with van der Waals surface area (Å²) < 4.78 is 47.7. The molecule has 0 amide bonds. The van der Waals surface area contributed by atoms with Gasteiger partial charge in [0.05, 0.1) is 56.1 Å². The number of nitriles is 1. The quantitative estimate of drug-likeness (QED) is 0.245. The van der Waals surface area contributed by atoms with Crippen molar-refractivity contribution in [3.63, 3.8) is 0 Å². The number of aliphatic hydroxyl groups is 1. The Kier molecular flexibility index (Phi) is 9.50. The Bertz CT molecular complexity index is 1720. The topological polar surface area (TPSA) is 164 Å². The maximum absolute atomic E-state index is 13.6. The van der Waals surface area contributed by atoms with Gasteiger partial charge in [-0.2, -0.15) is 18.4 Å². The number of likely N-dealkylation sites (tertiary alicyclic amines) is 1. The van der Waals surface area contributed by atoms with E-state index in [0.29, 0.717) is 53.6 Å². The zero-order valence-corrected chi connectivity index (χ0v) is 24.7. The molecular formula is C30H31F3N6O6. The number of hydrogen-bond donors (Lipinski definition) is 2. The Hall–Kier alpha value is -4.94. The number of ether oxygens (including phenoxy) is 1. The van der Waals surface area contributed by atoms with Crippen molar-refractivity contribution in [2.75, 3.05) is 32.1 Å². The lowest BCUT2D eigenvalue weighted by Gasteiger charge is -2.41. The predicted octanol–water partition coefficient (Wildman–Crippen LogP) is 2.12. The van der Waals surface area contributed by atoms with Gasteiger partial charge < -0.3 is 24.2 Å². The fourth-order valence-electron chi connectivity index (χ4n) is 5.90. The molecule has 12 nitrogen and oxygen atoms in total. The number of aromatic amines is 1. The number of quaternary nitrogens is 1. The predicted molar refractivity (Wildman–Crippen MR) is 151 cm³/mol. The Morgan fingerprint density at radius 2 is 1.93 bits per heavy atom. The second kappa shape index (κ2) is 13.0. The van der Waals surface area contributed by atoms with Crippen molar-refractivity contribution in [1.29, 1.82) is 5.26 Å². The van der Waals surface area contributed by atoms with Crippen molar-refractivity contribution in [2.45, 2.75) is 44.6 Å². The molecule has 3 heterocycles. The third-order valence-corrected chi connectivity index (χ3v) is 8.10. The highest BCUT2D eigenvalue weighted by molar-refractivity contribution is 5.93. The van der Waals surface area contributed by atoms with Crippen LogP contribution in [0.5, 0.6) is 0 Å². The summed E-state index contributed by atoms with van der Waals surface area (Å²) in [6, 6.07) is 10.6. The van der Waals surface area contributed by atoms with Gasteiger partial charge in [0.1, 0.15) is 12.6 Å². The third kappa shape index (κ3) is 6.61. The number of nitrogens with zero attached hydrogens (tertiary/aromatic N) is 5. The number of allylic oxidation sites excluding steroid dienone is 1. The van der Waals surface area contributed by atoms with Crippen LogP contribution >= 0.6 is 0 Å². The molecular weight excluding hydrogens is 597 g/mol. The van der Waals surface area contributed by atoms with Crippen LogP contribution in [0.15, 0.2) is 58.5 Å². The van der Waals surface area contributed by atoms with E-state index in [0.717, 1.165) is 12.1 Å². The highest BCUT2D eigenvalue weighted by Crippen LogP contribution is 2.44. The zero-order valence-electron chi connectivity index (χ0n) is 24.7. The number of aliphatic hydroxyl groups excluding tert-OH is 1. The highest BCUT2D eigenvalue weighted by atomic mass is 19.4. The van der Waals surface area contributed by atoms with E-state index < -0.39 is 35.9 Å². The number of aromatic nitrogens is 3. The SMILES string of the molecule is COC(=O)C1=C(C)N(c2cccc(C(F)(F)F)c2)c2n[nH]c(=O)n2[C@@H]1c1ccc(C#N)cc1C[N+]1(C)CCC(O)CC1.O=C[O-]. The maximum Gasteiger partial charge on any atom is 0.416 e. The second-order valence-electron chi connectivity index (χ2n) is 11.1. The van der Waals surface area contributed by atoms with Crippen LogP contribution in [0.25, 0.3) is 0 Å². The van der Waals surface area contributed by atoms with E-state index in [1.54, 1.807) is 25.1 Å². The normalized spacial score (nSPS) is 21.2. The first-order chi connectivity index (χ1) is 21.3. The molecule has 0 radical (unpaired) electrons. The molecule has 5 rings (SSSR count). The average molecular weight is 629 g/mol. The van der Waals surface area contributed by atoms with Crippen molar-refractivity contribution in [2.24, 2.45) is 0 Å². The molecule has 1 fully saturated rings. The Morgan fingerprint density at radius 3 is 2.53 bits per heavy atom. The summed E-state index contributed by atoms with van der Waals surface area (Å²) in [6.07, 6.45) is -3.79. The number of carbonyl (C=O) groups excluding carboxylic acids is 2. The molecule has 2 aromatic carbocycles. The smallest absolute Gasteiger partial charge is 0.416 e. The summed E-state index contributed by atoms with van der Waals surface area (Å²) in [6.45, 7) is 2.87. The van der Waals surface area contributed by atoms with Crippen molar-refractivity contribution >= 4 is 24.1 Å². The van der Waals surface area contributed by atoms with Gasteiger partial charge in [0.15, 0.2) is 0 Å². The molecule has 15 heteroatoms. The van der Waals surface area contributed by atoms with Crippen LogP contribution < -0.4 is 15.7 Å². The Labute approximate surface area is 255 Å². The lowest BCUT2D eigenvalue weighted by molar-refractivity contribution is -0.928. The standard InChI is InChI=1S/C29H29F3N6O4.CH2O2/c1-17-24(26(40)42-3)25(23-8-7-18(15-33)13-19(23)16-38(2)11-9-22(39)10-12-38)37-27(34-35-28(37)41)36(17)21-6-4-5-20(14-21)29(30,31)32;2-1-3/h4-8,13-14,22,25,39H,9-12,16H2,1-3H3;1H,(H,2,3)/t22?,25-,38?;/m1./s1. The monoisotopic (exact) mass is 628 g/mol. The van der Waals surface area contributed by atoms with Crippen LogP contribution in [0, 0.1) is 11.3 Å². The lowest BCUT2D eigenvalue weighted by Crippen LogP contribution is -2.50. The first-order valence-electron chi connectivity index (χ1n) is 13.8. The number of hydrogen-bond acceptors (Lipinski definition) is 9. The van der Waals surface area contributed by atoms with Crippen LogP contribution in [0.4, 0.5) is 24.8 Å². The molecule has 1 atom stereocenters. The van der Waals surface area contributed by atoms with Crippen molar-refractivity contribution < 1.29 is 42.2 Å². The summed E-state index contributed by atoms with van der Waals surface area (Å²) in [7, 11) is 3.23. The average Bonchev–Trinajstić information content (AvgIpc) is 3.38. The third-order valence-electron chi connectivity index (χ3n) is 8.10. The van der Waals surface area contributed by atoms with Crippen molar-refractivity contribution in [3.05, 3.63) is 86.5 Å². The van der Waals surface area contributed by atoms with Gasteiger partial charge in [-0.15, -0.1) is 5.10 Å². The number of methoxy groups -OCH3 is 1. The number of piperidine rings is 1. The molecule has 0 spiro atoms. The molecule has 45 heavy (non-hydrogen) atoms. The maximum atomic E-state index is 13.6. The van der Waals surface area contributed by atoms with E-state index in [9.17, 15) is 33.1 Å². The minimum atomic E-state index is -4.62. The summed E-state index contributed by atoms with van der Waals surface area (Å²) in [5, 5.41) is 34.5.